The molecule has 0 fully saturated rings. The second kappa shape index (κ2) is 4.72. The number of hydrogen-bond acceptors (Lipinski definition) is 4. The summed E-state index contributed by atoms with van der Waals surface area (Å²) in [4.78, 5) is 12.0. The first-order valence-electron chi connectivity index (χ1n) is 5.86. The highest BCUT2D eigenvalue weighted by atomic mass is 16.6. The van der Waals surface area contributed by atoms with Crippen LogP contribution in [0.15, 0.2) is 40.1 Å². The van der Waals surface area contributed by atoms with Crippen LogP contribution in [0.4, 0.5) is 5.69 Å². The van der Waals surface area contributed by atoms with Crippen molar-refractivity contribution in [2.24, 2.45) is 10.2 Å². The third kappa shape index (κ3) is 3.03. The van der Waals surface area contributed by atoms with Gasteiger partial charge in [0.15, 0.2) is 0 Å². The van der Waals surface area contributed by atoms with E-state index in [0.717, 1.165) is 11.3 Å². The number of esters is 1. The summed E-state index contributed by atoms with van der Waals surface area (Å²) >= 11 is 0. The highest BCUT2D eigenvalue weighted by molar-refractivity contribution is 5.95. The molecule has 1 aromatic carbocycles. The molecule has 0 saturated heterocycles. The van der Waals surface area contributed by atoms with Crippen molar-refractivity contribution >= 4 is 17.7 Å². The fraction of sp³-hybridized carbons (Fsp3) is 0.357. The van der Waals surface area contributed by atoms with Gasteiger partial charge in [0.1, 0.15) is 5.60 Å². The lowest BCUT2D eigenvalue weighted by Gasteiger charge is -2.19. The van der Waals surface area contributed by atoms with Gasteiger partial charge in [-0.25, -0.2) is 4.79 Å². The summed E-state index contributed by atoms with van der Waals surface area (Å²) in [6.45, 7) is 5.79. The molecule has 2 rings (SSSR count). The summed E-state index contributed by atoms with van der Waals surface area (Å²) in [6, 6.07) is 7.57. The predicted octanol–water partition coefficient (Wildman–Crippen LogP) is 3.51. The molecule has 4 heteroatoms. The summed E-state index contributed by atoms with van der Waals surface area (Å²) in [7, 11) is 0. The Labute approximate surface area is 106 Å². The van der Waals surface area contributed by atoms with Gasteiger partial charge in [-0.15, -0.1) is 0 Å². The number of carbonyl (C=O) groups excluding carboxylic acids is 1. The van der Waals surface area contributed by atoms with E-state index in [0.29, 0.717) is 5.57 Å². The number of azo groups is 1. The number of ether oxygens (including phenoxy) is 1. The molecule has 1 heterocycles. The number of carbonyl (C=O) groups is 1. The molecule has 0 unspecified atom stereocenters. The molecule has 0 spiro atoms. The second-order valence-electron chi connectivity index (χ2n) is 5.13. The van der Waals surface area contributed by atoms with E-state index >= 15 is 0 Å². The zero-order valence-corrected chi connectivity index (χ0v) is 10.8. The Morgan fingerprint density at radius 2 is 2.00 bits per heavy atom. The van der Waals surface area contributed by atoms with Crippen molar-refractivity contribution in [3.63, 3.8) is 0 Å². The summed E-state index contributed by atoms with van der Waals surface area (Å²) in [5, 5.41) is 8.08. The van der Waals surface area contributed by atoms with E-state index in [1.54, 1.807) is 6.08 Å². The number of fused-ring (bicyclic) bond motifs is 1. The van der Waals surface area contributed by atoms with Crippen LogP contribution in [0.3, 0.4) is 0 Å². The van der Waals surface area contributed by atoms with Gasteiger partial charge in [0.2, 0.25) is 0 Å². The van der Waals surface area contributed by atoms with E-state index in [4.69, 9.17) is 4.74 Å². The van der Waals surface area contributed by atoms with Crippen molar-refractivity contribution in [2.45, 2.75) is 26.4 Å². The van der Waals surface area contributed by atoms with Crippen molar-refractivity contribution in [1.29, 1.82) is 0 Å². The highest BCUT2D eigenvalue weighted by Crippen LogP contribution is 2.25. The molecule has 4 nitrogen and oxygen atoms in total. The molecule has 0 amide bonds. The molecular weight excluding hydrogens is 228 g/mol. The third-order valence-corrected chi connectivity index (χ3v) is 2.35. The zero-order chi connectivity index (χ0) is 13.2. The molecule has 0 atom stereocenters. The van der Waals surface area contributed by atoms with E-state index in [1.165, 1.54) is 0 Å². The van der Waals surface area contributed by atoms with Crippen LogP contribution in [-0.2, 0) is 9.53 Å². The van der Waals surface area contributed by atoms with Gasteiger partial charge in [-0.2, -0.15) is 10.2 Å². The maximum atomic E-state index is 12.0. The minimum absolute atomic E-state index is 0.254. The number of rotatable bonds is 1. The smallest absolute Gasteiger partial charge is 0.336 e. The first-order chi connectivity index (χ1) is 8.46. The van der Waals surface area contributed by atoms with Crippen molar-refractivity contribution in [1.82, 2.24) is 0 Å². The van der Waals surface area contributed by atoms with Gasteiger partial charge in [0.25, 0.3) is 0 Å². The van der Waals surface area contributed by atoms with Crippen molar-refractivity contribution in [3.8, 4) is 0 Å². The van der Waals surface area contributed by atoms with Crippen LogP contribution in [0.2, 0.25) is 0 Å². The highest BCUT2D eigenvalue weighted by Gasteiger charge is 2.20. The summed E-state index contributed by atoms with van der Waals surface area (Å²) < 4.78 is 5.34. The Bertz CT molecular complexity index is 525. The molecule has 0 bridgehead atoms. The fourth-order valence-electron chi connectivity index (χ4n) is 1.59. The second-order valence-corrected chi connectivity index (χ2v) is 5.13. The van der Waals surface area contributed by atoms with Gasteiger partial charge in [-0.3, -0.25) is 0 Å². The monoisotopic (exact) mass is 244 g/mol. The first kappa shape index (κ1) is 12.5. The number of nitrogens with zero attached hydrogens (tertiary/aromatic N) is 2. The van der Waals surface area contributed by atoms with Gasteiger partial charge < -0.3 is 4.74 Å². The molecule has 1 aromatic rings. The molecular formula is C14H16N2O2. The van der Waals surface area contributed by atoms with E-state index in [1.807, 2.05) is 45.0 Å². The van der Waals surface area contributed by atoms with Gasteiger partial charge in [-0.05, 0) is 32.9 Å². The summed E-state index contributed by atoms with van der Waals surface area (Å²) in [5.41, 5.74) is 1.69. The van der Waals surface area contributed by atoms with Crippen LogP contribution in [0.1, 0.15) is 26.3 Å². The first-order valence-corrected chi connectivity index (χ1v) is 5.86. The lowest BCUT2D eigenvalue weighted by molar-refractivity contribution is -0.149. The van der Waals surface area contributed by atoms with Crippen molar-refractivity contribution < 1.29 is 9.53 Å². The van der Waals surface area contributed by atoms with E-state index in [9.17, 15) is 4.79 Å². The summed E-state index contributed by atoms with van der Waals surface area (Å²) in [5.74, 6) is -0.335. The molecule has 0 saturated carbocycles. The van der Waals surface area contributed by atoms with E-state index in [-0.39, 0.29) is 12.5 Å². The van der Waals surface area contributed by atoms with Gasteiger partial charge in [0.05, 0.1) is 17.8 Å². The molecule has 1 aliphatic rings. The van der Waals surface area contributed by atoms with Crippen LogP contribution in [0, 0.1) is 0 Å². The zero-order valence-electron chi connectivity index (χ0n) is 10.8. The minimum Gasteiger partial charge on any atom is -0.457 e. The Balaban J connectivity index is 2.29. The number of hydrogen-bond donors (Lipinski definition) is 0. The quantitative estimate of drug-likeness (QED) is 0.710. The van der Waals surface area contributed by atoms with Crippen LogP contribution in [0.5, 0.6) is 0 Å². The molecule has 0 N–H and O–H groups in total. The molecule has 1 aliphatic heterocycles. The summed E-state index contributed by atoms with van der Waals surface area (Å²) in [6.07, 6.45) is 1.80. The molecule has 0 aromatic heterocycles. The largest absolute Gasteiger partial charge is 0.457 e. The lowest BCUT2D eigenvalue weighted by Crippen LogP contribution is -2.25. The van der Waals surface area contributed by atoms with Crippen LogP contribution >= 0.6 is 0 Å². The molecule has 94 valence electrons. The van der Waals surface area contributed by atoms with Crippen LogP contribution in [0.25, 0.3) is 6.08 Å². The van der Waals surface area contributed by atoms with Crippen LogP contribution in [-0.4, -0.2) is 18.1 Å². The number of benzene rings is 1. The third-order valence-electron chi connectivity index (χ3n) is 2.35. The Morgan fingerprint density at radius 1 is 1.28 bits per heavy atom. The lowest BCUT2D eigenvalue weighted by atomic mass is 10.1. The van der Waals surface area contributed by atoms with Crippen molar-refractivity contribution in [3.05, 3.63) is 35.4 Å². The average molecular weight is 244 g/mol. The van der Waals surface area contributed by atoms with Crippen LogP contribution < -0.4 is 0 Å². The Kier molecular flexibility index (Phi) is 3.28. The molecule has 0 aliphatic carbocycles. The topological polar surface area (TPSA) is 51.0 Å². The van der Waals surface area contributed by atoms with Gasteiger partial charge >= 0.3 is 5.97 Å². The minimum atomic E-state index is -0.499. The predicted molar refractivity (Wildman–Crippen MR) is 69.6 cm³/mol. The maximum absolute atomic E-state index is 12.0. The van der Waals surface area contributed by atoms with Crippen molar-refractivity contribution in [2.75, 3.05) is 6.54 Å². The normalized spacial score (nSPS) is 14.5. The fourth-order valence-corrected chi connectivity index (χ4v) is 1.59. The Hall–Kier alpha value is -1.97. The van der Waals surface area contributed by atoms with E-state index in [2.05, 4.69) is 10.2 Å². The van der Waals surface area contributed by atoms with Gasteiger partial charge in [-0.1, -0.05) is 18.2 Å². The van der Waals surface area contributed by atoms with Gasteiger partial charge in [0, 0.05) is 5.56 Å². The Morgan fingerprint density at radius 3 is 2.72 bits per heavy atom. The molecule has 0 radical (unpaired) electrons. The molecule has 18 heavy (non-hydrogen) atoms. The SMILES string of the molecule is CC(C)(C)OC(=O)C1=Cc2ccccc2N=NC1. The maximum Gasteiger partial charge on any atom is 0.336 e. The standard InChI is InChI=1S/C14H16N2O2/c1-14(2,3)18-13(17)11-8-10-6-4-5-7-12(10)16-15-9-11/h4-8H,9H2,1-3H3. The van der Waals surface area contributed by atoms with E-state index < -0.39 is 5.60 Å². The average Bonchev–Trinajstić information content (AvgIpc) is 2.48.